The molecule has 7 nitrogen and oxygen atoms in total. The summed E-state index contributed by atoms with van der Waals surface area (Å²) in [6.07, 6.45) is 0. The van der Waals surface area contributed by atoms with Gasteiger partial charge in [-0.15, -0.1) is 11.3 Å². The van der Waals surface area contributed by atoms with E-state index in [9.17, 15) is 9.59 Å². The molecule has 0 aliphatic carbocycles. The van der Waals surface area contributed by atoms with Crippen LogP contribution in [0.5, 0.6) is 0 Å². The SMILES string of the molecule is Cc1cc(NC(=O)CSc2nc3sccc3c(=O)n2-c2ccccc2)no1. The highest BCUT2D eigenvalue weighted by Crippen LogP contribution is 2.24. The van der Waals surface area contributed by atoms with Gasteiger partial charge < -0.3 is 9.84 Å². The van der Waals surface area contributed by atoms with Crippen molar-refractivity contribution in [1.29, 1.82) is 0 Å². The van der Waals surface area contributed by atoms with Crippen LogP contribution in [0, 0.1) is 6.92 Å². The van der Waals surface area contributed by atoms with E-state index in [1.807, 2.05) is 35.7 Å². The fraction of sp³-hybridized carbons (Fsp3) is 0.111. The second-order valence-corrected chi connectivity index (χ2v) is 7.51. The van der Waals surface area contributed by atoms with E-state index in [1.165, 1.54) is 27.7 Å². The summed E-state index contributed by atoms with van der Waals surface area (Å²) >= 11 is 2.59. The number of nitrogens with one attached hydrogen (secondary N) is 1. The number of aryl methyl sites for hydroxylation is 1. The summed E-state index contributed by atoms with van der Waals surface area (Å²) in [5, 5.41) is 9.27. The number of anilines is 1. The molecule has 3 heterocycles. The smallest absolute Gasteiger partial charge is 0.267 e. The van der Waals surface area contributed by atoms with Crippen molar-refractivity contribution < 1.29 is 9.32 Å². The lowest BCUT2D eigenvalue weighted by Crippen LogP contribution is -2.22. The molecule has 0 saturated carbocycles. The topological polar surface area (TPSA) is 90.0 Å². The molecule has 1 aromatic carbocycles. The summed E-state index contributed by atoms with van der Waals surface area (Å²) in [5.74, 6) is 0.802. The van der Waals surface area contributed by atoms with Crippen molar-refractivity contribution in [2.24, 2.45) is 0 Å². The zero-order valence-electron chi connectivity index (χ0n) is 14.2. The van der Waals surface area contributed by atoms with E-state index < -0.39 is 0 Å². The first kappa shape index (κ1) is 17.5. The molecule has 4 rings (SSSR count). The van der Waals surface area contributed by atoms with Gasteiger partial charge in [-0.3, -0.25) is 14.2 Å². The minimum atomic E-state index is -0.256. The molecule has 0 fully saturated rings. The second kappa shape index (κ2) is 7.37. The van der Waals surface area contributed by atoms with Crippen LogP contribution in [0.2, 0.25) is 0 Å². The summed E-state index contributed by atoms with van der Waals surface area (Å²) in [7, 11) is 0. The average molecular weight is 398 g/mol. The van der Waals surface area contributed by atoms with E-state index in [0.29, 0.717) is 32.6 Å². The lowest BCUT2D eigenvalue weighted by molar-refractivity contribution is -0.113. The standard InChI is InChI=1S/C18H14N4O3S2/c1-11-9-14(21-25-11)19-15(23)10-27-18-20-16-13(7-8-26-16)17(24)22(18)12-5-3-2-4-6-12/h2-9H,10H2,1H3,(H,19,21,23). The Hall–Kier alpha value is -2.91. The van der Waals surface area contributed by atoms with Crippen LogP contribution in [-0.4, -0.2) is 26.4 Å². The van der Waals surface area contributed by atoms with Crippen molar-refractivity contribution >= 4 is 45.0 Å². The number of para-hydroxylation sites is 1. The average Bonchev–Trinajstić information content (AvgIpc) is 3.30. The summed E-state index contributed by atoms with van der Waals surface area (Å²) in [4.78, 5) is 30.4. The van der Waals surface area contributed by atoms with Crippen molar-refractivity contribution in [3.63, 3.8) is 0 Å². The van der Waals surface area contributed by atoms with Crippen LogP contribution in [0.1, 0.15) is 5.76 Å². The van der Waals surface area contributed by atoms with Crippen LogP contribution in [0.3, 0.4) is 0 Å². The number of rotatable bonds is 5. The second-order valence-electron chi connectivity index (χ2n) is 5.67. The molecule has 1 amide bonds. The Bertz CT molecular complexity index is 1160. The lowest BCUT2D eigenvalue weighted by Gasteiger charge is -2.11. The maximum absolute atomic E-state index is 12.9. The number of carbonyl (C=O) groups is 1. The van der Waals surface area contributed by atoms with Crippen LogP contribution in [-0.2, 0) is 4.79 Å². The van der Waals surface area contributed by atoms with Gasteiger partial charge in [0.2, 0.25) is 5.91 Å². The Morgan fingerprint density at radius 2 is 2.11 bits per heavy atom. The lowest BCUT2D eigenvalue weighted by atomic mass is 10.3. The summed E-state index contributed by atoms with van der Waals surface area (Å²) in [5.41, 5.74) is 0.556. The van der Waals surface area contributed by atoms with Gasteiger partial charge in [-0.05, 0) is 30.5 Å². The Morgan fingerprint density at radius 3 is 2.85 bits per heavy atom. The van der Waals surface area contributed by atoms with Crippen LogP contribution >= 0.6 is 23.1 Å². The van der Waals surface area contributed by atoms with Gasteiger partial charge >= 0.3 is 0 Å². The van der Waals surface area contributed by atoms with Crippen molar-refractivity contribution in [2.75, 3.05) is 11.1 Å². The molecule has 0 radical (unpaired) electrons. The summed E-state index contributed by atoms with van der Waals surface area (Å²) in [6.45, 7) is 1.75. The molecule has 0 saturated heterocycles. The van der Waals surface area contributed by atoms with Gasteiger partial charge in [-0.1, -0.05) is 35.1 Å². The first-order valence-corrected chi connectivity index (χ1v) is 9.90. The van der Waals surface area contributed by atoms with Gasteiger partial charge in [0.05, 0.1) is 16.8 Å². The van der Waals surface area contributed by atoms with Gasteiger partial charge in [-0.2, -0.15) is 0 Å². The van der Waals surface area contributed by atoms with Gasteiger partial charge in [0.25, 0.3) is 5.56 Å². The number of thiophene rings is 1. The molecule has 27 heavy (non-hydrogen) atoms. The van der Waals surface area contributed by atoms with Crippen molar-refractivity contribution in [1.82, 2.24) is 14.7 Å². The van der Waals surface area contributed by atoms with Crippen molar-refractivity contribution in [3.05, 3.63) is 64.0 Å². The number of aromatic nitrogens is 3. The zero-order chi connectivity index (χ0) is 18.8. The van der Waals surface area contributed by atoms with Crippen LogP contribution in [0.15, 0.2) is 62.3 Å². The highest BCUT2D eigenvalue weighted by atomic mass is 32.2. The maximum atomic E-state index is 12.9. The number of hydrogen-bond donors (Lipinski definition) is 1. The molecule has 0 aliphatic heterocycles. The third-order valence-corrected chi connectivity index (χ3v) is 5.45. The molecule has 0 aliphatic rings. The zero-order valence-corrected chi connectivity index (χ0v) is 15.8. The number of hydrogen-bond acceptors (Lipinski definition) is 7. The predicted octanol–water partition coefficient (Wildman–Crippen LogP) is 3.47. The monoisotopic (exact) mass is 398 g/mol. The third-order valence-electron chi connectivity index (χ3n) is 3.71. The molecular formula is C18H14N4O3S2. The highest BCUT2D eigenvalue weighted by molar-refractivity contribution is 7.99. The highest BCUT2D eigenvalue weighted by Gasteiger charge is 2.16. The van der Waals surface area contributed by atoms with Crippen LogP contribution in [0.25, 0.3) is 15.9 Å². The van der Waals surface area contributed by atoms with E-state index in [2.05, 4.69) is 15.5 Å². The van der Waals surface area contributed by atoms with Crippen LogP contribution < -0.4 is 10.9 Å². The molecule has 0 unspecified atom stereocenters. The molecule has 0 atom stereocenters. The Kier molecular flexibility index (Phi) is 4.78. The molecule has 136 valence electrons. The Morgan fingerprint density at radius 1 is 1.30 bits per heavy atom. The number of thioether (sulfide) groups is 1. The summed E-state index contributed by atoms with van der Waals surface area (Å²) in [6, 6.07) is 12.7. The number of benzene rings is 1. The molecule has 3 aromatic heterocycles. The van der Waals surface area contributed by atoms with E-state index >= 15 is 0 Å². The number of fused-ring (bicyclic) bond motifs is 1. The quantitative estimate of drug-likeness (QED) is 0.409. The molecule has 0 bridgehead atoms. The number of carbonyl (C=O) groups excluding carboxylic acids is 1. The number of nitrogens with zero attached hydrogens (tertiary/aromatic N) is 3. The van der Waals surface area contributed by atoms with Crippen molar-refractivity contribution in [2.45, 2.75) is 12.1 Å². The fourth-order valence-corrected chi connectivity index (χ4v) is 4.15. The Labute approximate surface area is 162 Å². The van der Waals surface area contributed by atoms with E-state index in [0.717, 1.165) is 0 Å². The van der Waals surface area contributed by atoms with Gasteiger partial charge in [0.1, 0.15) is 10.6 Å². The predicted molar refractivity (Wildman–Crippen MR) is 106 cm³/mol. The molecule has 4 aromatic rings. The largest absolute Gasteiger partial charge is 0.360 e. The van der Waals surface area contributed by atoms with Gasteiger partial charge in [-0.25, -0.2) is 4.98 Å². The van der Waals surface area contributed by atoms with Crippen LogP contribution in [0.4, 0.5) is 5.82 Å². The summed E-state index contributed by atoms with van der Waals surface area (Å²) < 4.78 is 6.47. The molecule has 0 spiro atoms. The maximum Gasteiger partial charge on any atom is 0.267 e. The number of amides is 1. The minimum Gasteiger partial charge on any atom is -0.360 e. The Balaban J connectivity index is 1.64. The van der Waals surface area contributed by atoms with E-state index in [4.69, 9.17) is 4.52 Å². The van der Waals surface area contributed by atoms with Gasteiger partial charge in [0.15, 0.2) is 11.0 Å². The molecule has 9 heteroatoms. The third kappa shape index (κ3) is 3.64. The van der Waals surface area contributed by atoms with Gasteiger partial charge in [0, 0.05) is 6.07 Å². The fourth-order valence-electron chi connectivity index (χ4n) is 2.53. The van der Waals surface area contributed by atoms with E-state index in [-0.39, 0.29) is 17.2 Å². The first-order chi connectivity index (χ1) is 13.1. The van der Waals surface area contributed by atoms with Crippen molar-refractivity contribution in [3.8, 4) is 5.69 Å². The first-order valence-electron chi connectivity index (χ1n) is 8.03. The normalized spacial score (nSPS) is 11.0. The molecular weight excluding hydrogens is 384 g/mol. The van der Waals surface area contributed by atoms with E-state index in [1.54, 1.807) is 19.1 Å². The minimum absolute atomic E-state index is 0.0854. The molecule has 1 N–H and O–H groups in total.